The van der Waals surface area contributed by atoms with Crippen LogP contribution in [-0.4, -0.2) is 36.2 Å². The van der Waals surface area contributed by atoms with E-state index in [-0.39, 0.29) is 12.5 Å². The molecule has 0 aromatic heterocycles. The fourth-order valence-electron chi connectivity index (χ4n) is 1.03. The third kappa shape index (κ3) is 5.37. The number of nitrogens with one attached hydrogen (secondary N) is 1. The van der Waals surface area contributed by atoms with Crippen molar-refractivity contribution >= 4 is 11.9 Å². The van der Waals surface area contributed by atoms with Gasteiger partial charge in [-0.05, 0) is 13.3 Å². The lowest BCUT2D eigenvalue weighted by molar-refractivity contribution is -0.141. The number of carbonyl (C=O) groups is 2. The molecule has 0 aliphatic heterocycles. The summed E-state index contributed by atoms with van der Waals surface area (Å²) in [6.45, 7) is 5.82. The zero-order chi connectivity index (χ0) is 11.8. The van der Waals surface area contributed by atoms with E-state index in [4.69, 9.17) is 9.84 Å². The third-order valence-electron chi connectivity index (χ3n) is 2.04. The maximum absolute atomic E-state index is 11.5. The Labute approximate surface area is 89.8 Å². The second-order valence-corrected chi connectivity index (χ2v) is 3.34. The summed E-state index contributed by atoms with van der Waals surface area (Å²) < 4.78 is 5.19. The molecule has 2 unspecified atom stereocenters. The minimum absolute atomic E-state index is 0.137. The first-order valence-corrected chi connectivity index (χ1v) is 5.15. The van der Waals surface area contributed by atoms with Crippen molar-refractivity contribution in [1.29, 1.82) is 0 Å². The zero-order valence-electron chi connectivity index (χ0n) is 9.45. The summed E-state index contributed by atoms with van der Waals surface area (Å²) in [7, 11) is 0. The van der Waals surface area contributed by atoms with Crippen molar-refractivity contribution in [2.45, 2.75) is 33.3 Å². The van der Waals surface area contributed by atoms with Crippen LogP contribution < -0.4 is 5.32 Å². The molecule has 5 nitrogen and oxygen atoms in total. The van der Waals surface area contributed by atoms with Crippen molar-refractivity contribution < 1.29 is 19.4 Å². The zero-order valence-corrected chi connectivity index (χ0v) is 9.45. The molecule has 0 radical (unpaired) electrons. The number of amides is 1. The Hall–Kier alpha value is -1.10. The summed E-state index contributed by atoms with van der Waals surface area (Å²) in [5, 5.41) is 11.2. The molecule has 0 saturated heterocycles. The molecule has 0 spiro atoms. The van der Waals surface area contributed by atoms with Gasteiger partial charge in [-0.3, -0.25) is 9.59 Å². The van der Waals surface area contributed by atoms with Crippen LogP contribution in [0.15, 0.2) is 0 Å². The first-order valence-electron chi connectivity index (χ1n) is 5.15. The fourth-order valence-corrected chi connectivity index (χ4v) is 1.03. The molecule has 0 saturated carbocycles. The highest BCUT2D eigenvalue weighted by atomic mass is 16.5. The predicted molar refractivity (Wildman–Crippen MR) is 55.5 cm³/mol. The summed E-state index contributed by atoms with van der Waals surface area (Å²) in [4.78, 5) is 22.0. The van der Waals surface area contributed by atoms with E-state index >= 15 is 0 Å². The molecule has 0 aromatic carbocycles. The van der Waals surface area contributed by atoms with Gasteiger partial charge < -0.3 is 15.2 Å². The van der Waals surface area contributed by atoms with Gasteiger partial charge in [0.05, 0.1) is 5.92 Å². The monoisotopic (exact) mass is 217 g/mol. The molecule has 0 heterocycles. The van der Waals surface area contributed by atoms with Gasteiger partial charge in [0.25, 0.3) is 0 Å². The average Bonchev–Trinajstić information content (AvgIpc) is 2.21. The van der Waals surface area contributed by atoms with E-state index in [1.807, 2.05) is 13.8 Å². The fraction of sp³-hybridized carbons (Fsp3) is 0.800. The molecular formula is C10H19NO4. The second kappa shape index (κ2) is 7.23. The Kier molecular flexibility index (Phi) is 6.70. The number of carboxylic acid groups (broad SMARTS) is 1. The molecule has 0 aliphatic rings. The van der Waals surface area contributed by atoms with Gasteiger partial charge in [0, 0.05) is 13.2 Å². The summed E-state index contributed by atoms with van der Waals surface area (Å²) >= 11 is 0. The van der Waals surface area contributed by atoms with Crippen LogP contribution in [0.2, 0.25) is 0 Å². The van der Waals surface area contributed by atoms with Crippen LogP contribution in [0.1, 0.15) is 27.2 Å². The SMILES string of the molecule is CCOC(CC)C(=O)NCC(C)C(=O)O. The van der Waals surface area contributed by atoms with Gasteiger partial charge in [-0.25, -0.2) is 0 Å². The topological polar surface area (TPSA) is 75.6 Å². The van der Waals surface area contributed by atoms with Crippen LogP contribution >= 0.6 is 0 Å². The van der Waals surface area contributed by atoms with Crippen molar-refractivity contribution in [2.75, 3.05) is 13.2 Å². The molecule has 88 valence electrons. The highest BCUT2D eigenvalue weighted by Crippen LogP contribution is 1.99. The van der Waals surface area contributed by atoms with E-state index in [1.54, 1.807) is 6.92 Å². The van der Waals surface area contributed by atoms with Gasteiger partial charge >= 0.3 is 5.97 Å². The van der Waals surface area contributed by atoms with Crippen LogP contribution in [0, 0.1) is 5.92 Å². The number of carbonyl (C=O) groups excluding carboxylic acids is 1. The van der Waals surface area contributed by atoms with E-state index < -0.39 is 18.0 Å². The van der Waals surface area contributed by atoms with E-state index in [0.29, 0.717) is 13.0 Å². The van der Waals surface area contributed by atoms with Gasteiger partial charge in [0.1, 0.15) is 6.10 Å². The highest BCUT2D eigenvalue weighted by molar-refractivity contribution is 5.81. The maximum Gasteiger partial charge on any atom is 0.308 e. The smallest absolute Gasteiger partial charge is 0.308 e. The first kappa shape index (κ1) is 13.9. The van der Waals surface area contributed by atoms with Crippen molar-refractivity contribution in [2.24, 2.45) is 5.92 Å². The molecule has 0 fully saturated rings. The number of hydrogen-bond donors (Lipinski definition) is 2. The summed E-state index contributed by atoms with van der Waals surface area (Å²) in [6.07, 6.45) is 0.109. The Bertz CT molecular complexity index is 217. The van der Waals surface area contributed by atoms with Crippen molar-refractivity contribution in [3.63, 3.8) is 0 Å². The van der Waals surface area contributed by atoms with Crippen molar-refractivity contribution in [1.82, 2.24) is 5.32 Å². The normalized spacial score (nSPS) is 14.3. The van der Waals surface area contributed by atoms with Crippen LogP contribution in [-0.2, 0) is 14.3 Å². The molecule has 0 bridgehead atoms. The maximum atomic E-state index is 11.5. The number of aliphatic carboxylic acids is 1. The average molecular weight is 217 g/mol. The highest BCUT2D eigenvalue weighted by Gasteiger charge is 2.18. The Morgan fingerprint density at radius 3 is 2.40 bits per heavy atom. The molecule has 2 N–H and O–H groups in total. The molecule has 0 rings (SSSR count). The van der Waals surface area contributed by atoms with Crippen LogP contribution in [0.4, 0.5) is 0 Å². The molecule has 0 aliphatic carbocycles. The Morgan fingerprint density at radius 2 is 2.00 bits per heavy atom. The Balaban J connectivity index is 3.95. The first-order chi connectivity index (χ1) is 7.02. The summed E-state index contributed by atoms with van der Waals surface area (Å²) in [5.41, 5.74) is 0. The summed E-state index contributed by atoms with van der Waals surface area (Å²) in [5.74, 6) is -1.74. The molecule has 1 amide bonds. The lowest BCUT2D eigenvalue weighted by Gasteiger charge is -2.15. The van der Waals surface area contributed by atoms with Crippen molar-refractivity contribution in [3.8, 4) is 0 Å². The number of rotatable bonds is 7. The van der Waals surface area contributed by atoms with Crippen LogP contribution in [0.5, 0.6) is 0 Å². The van der Waals surface area contributed by atoms with Gasteiger partial charge in [0.2, 0.25) is 5.91 Å². The number of ether oxygens (including phenoxy) is 1. The standard InChI is InChI=1S/C10H19NO4/c1-4-8(15-5-2)9(12)11-6-7(3)10(13)14/h7-8H,4-6H2,1-3H3,(H,11,12)(H,13,14). The lowest BCUT2D eigenvalue weighted by Crippen LogP contribution is -2.39. The van der Waals surface area contributed by atoms with Crippen LogP contribution in [0.25, 0.3) is 0 Å². The minimum atomic E-state index is -0.917. The molecule has 2 atom stereocenters. The molecule has 15 heavy (non-hydrogen) atoms. The summed E-state index contributed by atoms with van der Waals surface area (Å²) in [6, 6.07) is 0. The van der Waals surface area contributed by atoms with Crippen molar-refractivity contribution in [3.05, 3.63) is 0 Å². The van der Waals surface area contributed by atoms with Gasteiger partial charge in [-0.15, -0.1) is 0 Å². The lowest BCUT2D eigenvalue weighted by atomic mass is 10.2. The number of hydrogen-bond acceptors (Lipinski definition) is 3. The third-order valence-corrected chi connectivity index (χ3v) is 2.04. The van der Waals surface area contributed by atoms with E-state index in [2.05, 4.69) is 5.32 Å². The van der Waals surface area contributed by atoms with Gasteiger partial charge in [-0.1, -0.05) is 13.8 Å². The predicted octanol–water partition coefficient (Wildman–Crippen LogP) is 0.638. The Morgan fingerprint density at radius 1 is 1.40 bits per heavy atom. The van der Waals surface area contributed by atoms with E-state index in [0.717, 1.165) is 0 Å². The van der Waals surface area contributed by atoms with E-state index in [9.17, 15) is 9.59 Å². The van der Waals surface area contributed by atoms with Crippen LogP contribution in [0.3, 0.4) is 0 Å². The molecule has 0 aromatic rings. The number of carboxylic acids is 1. The largest absolute Gasteiger partial charge is 0.481 e. The van der Waals surface area contributed by atoms with Gasteiger partial charge in [0.15, 0.2) is 0 Å². The van der Waals surface area contributed by atoms with Gasteiger partial charge in [-0.2, -0.15) is 0 Å². The molecular weight excluding hydrogens is 198 g/mol. The quantitative estimate of drug-likeness (QED) is 0.656. The van der Waals surface area contributed by atoms with E-state index in [1.165, 1.54) is 0 Å². The minimum Gasteiger partial charge on any atom is -0.481 e. The second-order valence-electron chi connectivity index (χ2n) is 3.34. The molecule has 5 heteroatoms.